The van der Waals surface area contributed by atoms with Crippen LogP contribution in [0, 0.1) is 11.3 Å². The van der Waals surface area contributed by atoms with Crippen LogP contribution in [-0.2, 0) is 6.54 Å². The summed E-state index contributed by atoms with van der Waals surface area (Å²) in [5.41, 5.74) is 10.4. The van der Waals surface area contributed by atoms with Gasteiger partial charge in [0, 0.05) is 35.0 Å². The lowest BCUT2D eigenvalue weighted by Gasteiger charge is -2.14. The smallest absolute Gasteiger partial charge is 0.256 e. The number of pyridine rings is 1. The van der Waals surface area contributed by atoms with Gasteiger partial charge in [-0.05, 0) is 23.8 Å². The number of aromatic nitrogens is 3. The number of fused-ring (bicyclic) bond motifs is 2. The highest BCUT2D eigenvalue weighted by Crippen LogP contribution is 2.37. The molecule has 3 aromatic rings. The van der Waals surface area contributed by atoms with Crippen LogP contribution >= 0.6 is 0 Å². The van der Waals surface area contributed by atoms with Crippen molar-refractivity contribution in [2.75, 3.05) is 12.3 Å². The third-order valence-electron chi connectivity index (χ3n) is 4.33. The molecule has 0 atom stereocenters. The Morgan fingerprint density at radius 3 is 3.08 bits per heavy atom. The number of nitrogens with two attached hydrogens (primary N) is 1. The quantitative estimate of drug-likeness (QED) is 0.565. The summed E-state index contributed by atoms with van der Waals surface area (Å²) in [5, 5.41) is 17.0. The van der Waals surface area contributed by atoms with E-state index < -0.39 is 0 Å². The Morgan fingerprint density at radius 1 is 1.44 bits per heavy atom. The molecule has 7 heteroatoms. The number of carbonyl (C=O) groups excluding carboxylic acids is 1. The second-order valence-corrected chi connectivity index (χ2v) is 5.91. The molecule has 0 spiro atoms. The fourth-order valence-electron chi connectivity index (χ4n) is 3.19. The normalized spacial score (nSPS) is 13.1. The van der Waals surface area contributed by atoms with Gasteiger partial charge >= 0.3 is 0 Å². The van der Waals surface area contributed by atoms with Gasteiger partial charge in [0.2, 0.25) is 0 Å². The molecule has 2 aromatic heterocycles. The zero-order valence-corrected chi connectivity index (χ0v) is 13.3. The molecule has 7 nitrogen and oxygen atoms in total. The van der Waals surface area contributed by atoms with E-state index in [0.717, 1.165) is 22.2 Å². The molecule has 0 bridgehead atoms. The molecule has 0 unspecified atom stereocenters. The lowest BCUT2D eigenvalue weighted by Crippen LogP contribution is -2.26. The molecule has 1 aliphatic heterocycles. The molecule has 25 heavy (non-hydrogen) atoms. The van der Waals surface area contributed by atoms with E-state index in [9.17, 15) is 4.79 Å². The molecule has 3 N–H and O–H groups in total. The van der Waals surface area contributed by atoms with E-state index >= 15 is 0 Å². The van der Waals surface area contributed by atoms with Crippen molar-refractivity contribution in [3.63, 3.8) is 0 Å². The topological polar surface area (TPSA) is 112 Å². The highest BCUT2D eigenvalue weighted by Gasteiger charge is 2.32. The van der Waals surface area contributed by atoms with Gasteiger partial charge < -0.3 is 10.6 Å². The van der Waals surface area contributed by atoms with Crippen molar-refractivity contribution in [2.24, 2.45) is 0 Å². The number of hydrogen-bond acceptors (Lipinski definition) is 5. The Bertz CT molecular complexity index is 1070. The van der Waals surface area contributed by atoms with Crippen molar-refractivity contribution in [2.45, 2.75) is 6.54 Å². The first-order chi connectivity index (χ1) is 12.1. The van der Waals surface area contributed by atoms with Crippen molar-refractivity contribution < 1.29 is 4.79 Å². The molecule has 122 valence electrons. The summed E-state index contributed by atoms with van der Waals surface area (Å²) in [6.45, 7) is 4.22. The summed E-state index contributed by atoms with van der Waals surface area (Å²) in [5.74, 6) is -0.187. The van der Waals surface area contributed by atoms with Gasteiger partial charge in [-0.25, -0.2) is 4.98 Å². The summed E-state index contributed by atoms with van der Waals surface area (Å²) < 4.78 is 0. The van der Waals surface area contributed by atoms with Crippen LogP contribution in [-0.4, -0.2) is 32.5 Å². The number of hydrogen-bond donors (Lipinski definition) is 2. The number of carbonyl (C=O) groups is 1. The molecule has 0 radical (unpaired) electrons. The third-order valence-corrected chi connectivity index (χ3v) is 4.33. The number of nitriles is 1. The Balaban J connectivity index is 1.86. The fraction of sp³-hybridized carbons (Fsp3) is 0.111. The van der Waals surface area contributed by atoms with Crippen molar-refractivity contribution in [3.8, 4) is 17.3 Å². The minimum Gasteiger partial charge on any atom is -0.398 e. The van der Waals surface area contributed by atoms with Crippen LogP contribution < -0.4 is 5.73 Å². The van der Waals surface area contributed by atoms with E-state index in [1.807, 2.05) is 24.3 Å². The van der Waals surface area contributed by atoms with E-state index in [0.29, 0.717) is 29.0 Å². The Hall–Kier alpha value is -3.66. The number of amides is 1. The molecule has 3 heterocycles. The van der Waals surface area contributed by atoms with Gasteiger partial charge in [0.1, 0.15) is 0 Å². The average Bonchev–Trinajstić information content (AvgIpc) is 3.18. The molecular weight excluding hydrogens is 316 g/mol. The van der Waals surface area contributed by atoms with E-state index in [2.05, 4.69) is 21.8 Å². The maximum Gasteiger partial charge on any atom is 0.256 e. The molecular formula is C18H14N6O. The second kappa shape index (κ2) is 5.46. The van der Waals surface area contributed by atoms with Crippen molar-refractivity contribution in [1.29, 1.82) is 5.26 Å². The van der Waals surface area contributed by atoms with Crippen molar-refractivity contribution >= 4 is 22.6 Å². The predicted molar refractivity (Wildman–Crippen MR) is 93.2 cm³/mol. The van der Waals surface area contributed by atoms with Crippen LogP contribution in [0.3, 0.4) is 0 Å². The van der Waals surface area contributed by atoms with Crippen LogP contribution in [0.5, 0.6) is 0 Å². The van der Waals surface area contributed by atoms with Gasteiger partial charge in [0.05, 0.1) is 23.9 Å². The van der Waals surface area contributed by atoms with E-state index in [1.165, 1.54) is 0 Å². The van der Waals surface area contributed by atoms with Crippen molar-refractivity contribution in [3.05, 3.63) is 53.7 Å². The predicted octanol–water partition coefficient (Wildman–Crippen LogP) is 2.24. The van der Waals surface area contributed by atoms with Crippen molar-refractivity contribution in [1.82, 2.24) is 20.1 Å². The standard InChI is InChI=1S/C18H14N6O/c1-10(7-19)8-24-9-13-11(4-5-14(20)15(13)18(24)25)16-12-3-2-6-21-17(12)23-22-16/h2-6H,1,8-9,20H2,(H,21,22,23). The van der Waals surface area contributed by atoms with Gasteiger partial charge in [-0.2, -0.15) is 10.4 Å². The fourth-order valence-corrected chi connectivity index (χ4v) is 3.19. The van der Waals surface area contributed by atoms with Crippen LogP contribution in [0.1, 0.15) is 15.9 Å². The van der Waals surface area contributed by atoms with E-state index in [1.54, 1.807) is 17.2 Å². The monoisotopic (exact) mass is 330 g/mol. The molecule has 0 saturated heterocycles. The summed E-state index contributed by atoms with van der Waals surface area (Å²) in [6.07, 6.45) is 1.68. The third kappa shape index (κ3) is 2.23. The second-order valence-electron chi connectivity index (χ2n) is 5.91. The highest BCUT2D eigenvalue weighted by molar-refractivity contribution is 6.06. The number of anilines is 1. The number of nitrogens with one attached hydrogen (secondary N) is 1. The first-order valence-corrected chi connectivity index (χ1v) is 7.68. The lowest BCUT2D eigenvalue weighted by atomic mass is 9.98. The average molecular weight is 330 g/mol. The number of nitrogens with zero attached hydrogens (tertiary/aromatic N) is 4. The van der Waals surface area contributed by atoms with Gasteiger partial charge in [-0.1, -0.05) is 12.6 Å². The number of nitrogen functional groups attached to an aromatic ring is 1. The molecule has 1 aliphatic rings. The van der Waals surface area contributed by atoms with Gasteiger partial charge in [0.15, 0.2) is 5.65 Å². The number of rotatable bonds is 3. The SMILES string of the molecule is C=C(C#N)CN1Cc2c(-c3[nH]nc4ncccc34)ccc(N)c2C1=O. The number of H-pyrrole nitrogens is 1. The Labute approximate surface area is 143 Å². The largest absolute Gasteiger partial charge is 0.398 e. The maximum absolute atomic E-state index is 12.7. The molecule has 0 aliphatic carbocycles. The summed E-state index contributed by atoms with van der Waals surface area (Å²) >= 11 is 0. The molecule has 1 amide bonds. The molecule has 0 saturated carbocycles. The van der Waals surface area contributed by atoms with Crippen LogP contribution in [0.25, 0.3) is 22.3 Å². The van der Waals surface area contributed by atoms with E-state index in [-0.39, 0.29) is 12.5 Å². The van der Waals surface area contributed by atoms with Gasteiger partial charge in [-0.15, -0.1) is 0 Å². The van der Waals surface area contributed by atoms with Gasteiger partial charge in [-0.3, -0.25) is 9.89 Å². The minimum atomic E-state index is -0.187. The van der Waals surface area contributed by atoms with Crippen LogP contribution in [0.15, 0.2) is 42.6 Å². The zero-order valence-electron chi connectivity index (χ0n) is 13.3. The Kier molecular flexibility index (Phi) is 3.25. The summed E-state index contributed by atoms with van der Waals surface area (Å²) in [4.78, 5) is 18.5. The van der Waals surface area contributed by atoms with Crippen LogP contribution in [0.4, 0.5) is 5.69 Å². The first-order valence-electron chi connectivity index (χ1n) is 7.68. The lowest BCUT2D eigenvalue weighted by molar-refractivity contribution is 0.0795. The molecule has 4 rings (SSSR count). The molecule has 0 fully saturated rings. The minimum absolute atomic E-state index is 0.187. The number of benzene rings is 1. The Morgan fingerprint density at radius 2 is 2.28 bits per heavy atom. The van der Waals surface area contributed by atoms with E-state index in [4.69, 9.17) is 11.0 Å². The maximum atomic E-state index is 12.7. The number of aromatic amines is 1. The summed E-state index contributed by atoms with van der Waals surface area (Å²) in [7, 11) is 0. The first kappa shape index (κ1) is 14.9. The highest BCUT2D eigenvalue weighted by atomic mass is 16.2. The zero-order chi connectivity index (χ0) is 17.6. The summed E-state index contributed by atoms with van der Waals surface area (Å²) in [6, 6.07) is 9.34. The van der Waals surface area contributed by atoms with Crippen LogP contribution in [0.2, 0.25) is 0 Å². The molecule has 1 aromatic carbocycles. The van der Waals surface area contributed by atoms with Gasteiger partial charge in [0.25, 0.3) is 5.91 Å².